The lowest BCUT2D eigenvalue weighted by Gasteiger charge is -2.15. The Kier molecular flexibility index (Phi) is 8.04. The van der Waals surface area contributed by atoms with Crippen molar-refractivity contribution in [3.63, 3.8) is 0 Å². The van der Waals surface area contributed by atoms with Gasteiger partial charge in [-0.1, -0.05) is 26.0 Å². The molecule has 36 heavy (non-hydrogen) atoms. The van der Waals surface area contributed by atoms with Crippen molar-refractivity contribution >= 4 is 56.2 Å². The maximum atomic E-state index is 14.5. The monoisotopic (exact) mass is 515 g/mol. The number of sulfone groups is 1. The van der Waals surface area contributed by atoms with Crippen molar-refractivity contribution in [2.45, 2.75) is 13.8 Å². The fourth-order valence-corrected chi connectivity index (χ4v) is 3.32. The molecule has 0 unspecified atom stereocenters. The first-order valence-electron chi connectivity index (χ1n) is 10.7. The van der Waals surface area contributed by atoms with E-state index < -0.39 is 21.6 Å². The third-order valence-electron chi connectivity index (χ3n) is 4.76. The molecule has 0 fully saturated rings. The smallest absolute Gasteiger partial charge is 0.254 e. The van der Waals surface area contributed by atoms with Gasteiger partial charge in [0.25, 0.3) is 5.91 Å². The number of carbonyl (C=O) groups is 2. The molecule has 3 aromatic rings. The van der Waals surface area contributed by atoms with Gasteiger partial charge in [-0.3, -0.25) is 9.59 Å². The first-order valence-corrected chi connectivity index (χ1v) is 12.8. The fraction of sp³-hybridized carbons (Fsp3) is 0.217. The van der Waals surface area contributed by atoms with E-state index >= 15 is 0 Å². The van der Waals surface area contributed by atoms with E-state index in [-0.39, 0.29) is 40.7 Å². The predicted octanol–water partition coefficient (Wildman–Crippen LogP) is 3.21. The molecule has 0 radical (unpaired) electrons. The number of anilines is 6. The molecule has 11 nitrogen and oxygen atoms in total. The van der Waals surface area contributed by atoms with Crippen LogP contribution in [0.2, 0.25) is 0 Å². The van der Waals surface area contributed by atoms with Gasteiger partial charge in [0.15, 0.2) is 9.84 Å². The zero-order valence-electron chi connectivity index (χ0n) is 19.8. The molecule has 2 amide bonds. The minimum Gasteiger partial charge on any atom is -0.370 e. The quantitative estimate of drug-likeness (QED) is 0.272. The van der Waals surface area contributed by atoms with E-state index in [2.05, 4.69) is 31.2 Å². The van der Waals surface area contributed by atoms with Crippen LogP contribution in [0.15, 0.2) is 48.7 Å². The molecule has 0 aliphatic carbocycles. The van der Waals surface area contributed by atoms with E-state index in [9.17, 15) is 22.4 Å². The molecule has 13 heteroatoms. The molecule has 190 valence electrons. The van der Waals surface area contributed by atoms with E-state index in [4.69, 9.17) is 5.73 Å². The van der Waals surface area contributed by atoms with Gasteiger partial charge in [0, 0.05) is 24.1 Å². The Bertz CT molecular complexity index is 1400. The largest absolute Gasteiger partial charge is 0.370 e. The molecule has 2 aromatic carbocycles. The molecule has 0 aliphatic heterocycles. The van der Waals surface area contributed by atoms with Gasteiger partial charge in [0.1, 0.15) is 23.1 Å². The number of rotatable bonds is 10. The van der Waals surface area contributed by atoms with Crippen LogP contribution in [-0.4, -0.2) is 42.3 Å². The second kappa shape index (κ2) is 11.0. The highest BCUT2D eigenvalue weighted by Crippen LogP contribution is 2.28. The summed E-state index contributed by atoms with van der Waals surface area (Å²) in [5, 5.41) is 11.2. The van der Waals surface area contributed by atoms with Crippen molar-refractivity contribution in [1.82, 2.24) is 9.97 Å². The molecular formula is C23H26FN7O4S. The summed E-state index contributed by atoms with van der Waals surface area (Å²) in [7, 11) is -3.31. The highest BCUT2D eigenvalue weighted by Gasteiger charge is 2.16. The second-order valence-corrected chi connectivity index (χ2v) is 10.3. The average Bonchev–Trinajstić information content (AvgIpc) is 2.80. The summed E-state index contributed by atoms with van der Waals surface area (Å²) in [6, 6.07) is 10.7. The van der Waals surface area contributed by atoms with E-state index in [1.165, 1.54) is 24.4 Å². The van der Waals surface area contributed by atoms with Crippen LogP contribution in [0.3, 0.4) is 0 Å². The lowest BCUT2D eigenvalue weighted by Crippen LogP contribution is -2.18. The number of carbonyl (C=O) groups excluding carboxylic acids is 2. The van der Waals surface area contributed by atoms with E-state index in [0.29, 0.717) is 17.1 Å². The highest BCUT2D eigenvalue weighted by molar-refractivity contribution is 7.90. The Labute approximate surface area is 207 Å². The molecule has 0 spiro atoms. The summed E-state index contributed by atoms with van der Waals surface area (Å²) < 4.78 is 37.6. The van der Waals surface area contributed by atoms with Gasteiger partial charge in [0.2, 0.25) is 11.9 Å². The number of hydrogen-bond donors (Lipinski definition) is 5. The number of para-hydroxylation sites is 2. The molecule has 3 rings (SSSR count). The van der Waals surface area contributed by atoms with Crippen molar-refractivity contribution in [1.29, 1.82) is 0 Å². The zero-order chi connectivity index (χ0) is 26.5. The van der Waals surface area contributed by atoms with Gasteiger partial charge in [-0.15, -0.1) is 0 Å². The number of nitrogens with one attached hydrogen (secondary N) is 4. The van der Waals surface area contributed by atoms with Gasteiger partial charge >= 0.3 is 0 Å². The Balaban J connectivity index is 1.91. The van der Waals surface area contributed by atoms with Crippen LogP contribution >= 0.6 is 0 Å². The zero-order valence-corrected chi connectivity index (χ0v) is 20.6. The number of halogens is 1. The third-order valence-corrected chi connectivity index (χ3v) is 5.43. The summed E-state index contributed by atoms with van der Waals surface area (Å²) in [5.74, 6) is -2.29. The number of primary amides is 1. The summed E-state index contributed by atoms with van der Waals surface area (Å²) in [5.41, 5.74) is 6.63. The molecule has 6 N–H and O–H groups in total. The minimum absolute atomic E-state index is 0.00968. The van der Waals surface area contributed by atoms with E-state index in [1.54, 1.807) is 38.1 Å². The summed E-state index contributed by atoms with van der Waals surface area (Å²) in [6.45, 7) is 3.46. The lowest BCUT2D eigenvalue weighted by molar-refractivity contribution is -0.118. The van der Waals surface area contributed by atoms with E-state index in [1.807, 2.05) is 0 Å². The fourth-order valence-electron chi connectivity index (χ4n) is 2.91. The van der Waals surface area contributed by atoms with Crippen LogP contribution in [0, 0.1) is 11.7 Å². The predicted molar refractivity (Wildman–Crippen MR) is 137 cm³/mol. The minimum atomic E-state index is -3.31. The normalized spacial score (nSPS) is 11.1. The maximum Gasteiger partial charge on any atom is 0.254 e. The van der Waals surface area contributed by atoms with E-state index in [0.717, 1.165) is 6.26 Å². The van der Waals surface area contributed by atoms with Gasteiger partial charge in [-0.25, -0.2) is 17.8 Å². The molecular weight excluding hydrogens is 489 g/mol. The maximum absolute atomic E-state index is 14.5. The third kappa shape index (κ3) is 7.12. The van der Waals surface area contributed by atoms with Crippen molar-refractivity contribution in [3.05, 3.63) is 60.0 Å². The molecule has 0 saturated heterocycles. The van der Waals surface area contributed by atoms with Crippen LogP contribution in [0.4, 0.5) is 38.9 Å². The van der Waals surface area contributed by atoms with Crippen molar-refractivity contribution < 1.29 is 22.4 Å². The van der Waals surface area contributed by atoms with Crippen molar-refractivity contribution in [2.75, 3.05) is 33.4 Å². The second-order valence-electron chi connectivity index (χ2n) is 8.20. The number of nitrogens with zero attached hydrogens (tertiary/aromatic N) is 2. The Morgan fingerprint density at radius 3 is 2.39 bits per heavy atom. The molecule has 0 bridgehead atoms. The van der Waals surface area contributed by atoms with Gasteiger partial charge in [-0.2, -0.15) is 4.98 Å². The van der Waals surface area contributed by atoms with Crippen LogP contribution in [0.1, 0.15) is 24.2 Å². The highest BCUT2D eigenvalue weighted by atomic mass is 32.2. The number of benzene rings is 2. The van der Waals surface area contributed by atoms with Gasteiger partial charge in [-0.05, 0) is 30.3 Å². The Morgan fingerprint density at radius 1 is 1.06 bits per heavy atom. The standard InChI is InChI=1S/C23H26FN7O4S/c1-13(2)22(33)28-14-8-9-16(24)19(10-14)30-23-26-11-15(20(25)32)21(31-23)29-18-7-5-4-6-17(18)27-12-36(3,34)35/h4-11,13,27H,12H2,1-3H3,(H2,25,32)(H,28,33)(H2,26,29,30,31). The molecule has 0 saturated carbocycles. The number of hydrogen-bond acceptors (Lipinski definition) is 9. The molecule has 0 aliphatic rings. The lowest BCUT2D eigenvalue weighted by atomic mass is 10.2. The van der Waals surface area contributed by atoms with Crippen LogP contribution < -0.4 is 27.0 Å². The summed E-state index contributed by atoms with van der Waals surface area (Å²) in [4.78, 5) is 32.2. The summed E-state index contributed by atoms with van der Waals surface area (Å²) >= 11 is 0. The average molecular weight is 516 g/mol. The van der Waals surface area contributed by atoms with Crippen LogP contribution in [-0.2, 0) is 14.6 Å². The molecule has 1 heterocycles. The van der Waals surface area contributed by atoms with Crippen LogP contribution in [0.25, 0.3) is 0 Å². The first-order chi connectivity index (χ1) is 16.9. The Morgan fingerprint density at radius 2 is 1.75 bits per heavy atom. The molecule has 0 atom stereocenters. The number of amides is 2. The Hall–Kier alpha value is -4.26. The van der Waals surface area contributed by atoms with Crippen molar-refractivity contribution in [2.24, 2.45) is 11.7 Å². The number of nitrogens with two attached hydrogens (primary N) is 1. The van der Waals surface area contributed by atoms with Crippen molar-refractivity contribution in [3.8, 4) is 0 Å². The van der Waals surface area contributed by atoms with Crippen LogP contribution in [0.5, 0.6) is 0 Å². The SMILES string of the molecule is CC(C)C(=O)Nc1ccc(F)c(Nc2ncc(C(N)=O)c(Nc3ccccc3NCS(C)(=O)=O)n2)c1. The number of aromatic nitrogens is 2. The molecule has 1 aromatic heterocycles. The van der Waals surface area contributed by atoms with Gasteiger partial charge < -0.3 is 27.0 Å². The van der Waals surface area contributed by atoms with Gasteiger partial charge in [0.05, 0.1) is 17.1 Å². The first kappa shape index (κ1) is 26.3. The summed E-state index contributed by atoms with van der Waals surface area (Å²) in [6.07, 6.45) is 2.26. The topological polar surface area (TPSA) is 168 Å².